The molecule has 0 radical (unpaired) electrons. The Kier molecular flexibility index (Phi) is 3.28. The number of carbonyl (C=O) groups excluding carboxylic acids is 1. The van der Waals surface area contributed by atoms with Crippen LogP contribution in [0, 0.1) is 13.8 Å². The number of nitrogens with one attached hydrogen (secondary N) is 1. The van der Waals surface area contributed by atoms with E-state index >= 15 is 0 Å². The fourth-order valence-electron chi connectivity index (χ4n) is 1.65. The lowest BCUT2D eigenvalue weighted by atomic mass is 10.1. The second-order valence-electron chi connectivity index (χ2n) is 4.05. The largest absolute Gasteiger partial charge is 0.469 e. The minimum atomic E-state index is -0.0614. The molecule has 1 amide bonds. The molecule has 0 atom stereocenters. The molecule has 1 N–H and O–H groups in total. The Morgan fingerprint density at radius 3 is 2.76 bits per heavy atom. The Hall–Kier alpha value is -2.03. The van der Waals surface area contributed by atoms with Gasteiger partial charge in [-0.2, -0.15) is 0 Å². The van der Waals surface area contributed by atoms with Gasteiger partial charge in [-0.15, -0.1) is 0 Å². The summed E-state index contributed by atoms with van der Waals surface area (Å²) in [5.74, 6) is 0.612. The first kappa shape index (κ1) is 11.5. The fraction of sp³-hybridized carbons (Fsp3) is 0.214. The highest BCUT2D eigenvalue weighted by molar-refractivity contribution is 5.92. The van der Waals surface area contributed by atoms with Crippen LogP contribution in [-0.2, 0) is 11.2 Å². The zero-order valence-electron chi connectivity index (χ0n) is 9.99. The van der Waals surface area contributed by atoms with Gasteiger partial charge in [-0.3, -0.25) is 4.79 Å². The predicted molar refractivity (Wildman–Crippen MR) is 67.0 cm³/mol. The van der Waals surface area contributed by atoms with E-state index in [9.17, 15) is 4.79 Å². The zero-order valence-corrected chi connectivity index (χ0v) is 9.99. The van der Waals surface area contributed by atoms with Gasteiger partial charge in [0.1, 0.15) is 5.76 Å². The molecule has 88 valence electrons. The Balaban J connectivity index is 2.06. The molecule has 0 saturated heterocycles. The molecule has 3 heteroatoms. The molecule has 0 aliphatic carbocycles. The summed E-state index contributed by atoms with van der Waals surface area (Å²) in [6.07, 6.45) is 1.83. The quantitative estimate of drug-likeness (QED) is 0.878. The number of amides is 1. The van der Waals surface area contributed by atoms with Gasteiger partial charge in [0.2, 0.25) is 5.91 Å². The molecule has 0 aliphatic rings. The minimum absolute atomic E-state index is 0.0614. The molecule has 3 nitrogen and oxygen atoms in total. The summed E-state index contributed by atoms with van der Waals surface area (Å²) in [7, 11) is 0. The first-order chi connectivity index (χ1) is 8.16. The molecular formula is C14H15NO2. The first-order valence-electron chi connectivity index (χ1n) is 5.55. The number of hydrogen-bond acceptors (Lipinski definition) is 2. The van der Waals surface area contributed by atoms with Gasteiger partial charge in [-0.1, -0.05) is 12.1 Å². The van der Waals surface area contributed by atoms with E-state index in [4.69, 9.17) is 4.42 Å². The number of anilines is 1. The summed E-state index contributed by atoms with van der Waals surface area (Å²) in [5, 5.41) is 2.89. The van der Waals surface area contributed by atoms with Gasteiger partial charge in [0.05, 0.1) is 12.7 Å². The monoisotopic (exact) mass is 229 g/mol. The van der Waals surface area contributed by atoms with Crippen LogP contribution in [0.3, 0.4) is 0 Å². The minimum Gasteiger partial charge on any atom is -0.469 e. The van der Waals surface area contributed by atoms with Crippen LogP contribution in [0.1, 0.15) is 16.9 Å². The highest BCUT2D eigenvalue weighted by Gasteiger charge is 2.08. The number of hydrogen-bond donors (Lipinski definition) is 1. The van der Waals surface area contributed by atoms with Gasteiger partial charge in [0, 0.05) is 5.69 Å². The van der Waals surface area contributed by atoms with Gasteiger partial charge in [0.25, 0.3) is 0 Å². The molecule has 1 aromatic carbocycles. The number of carbonyl (C=O) groups is 1. The van der Waals surface area contributed by atoms with E-state index < -0.39 is 0 Å². The van der Waals surface area contributed by atoms with Crippen LogP contribution in [0.4, 0.5) is 5.69 Å². The Labute approximate surface area is 100 Å². The summed E-state index contributed by atoms with van der Waals surface area (Å²) in [5.41, 5.74) is 3.13. The van der Waals surface area contributed by atoms with Crippen molar-refractivity contribution >= 4 is 11.6 Å². The number of furan rings is 1. The Morgan fingerprint density at radius 1 is 1.24 bits per heavy atom. The SMILES string of the molecule is Cc1cccc(NC(=O)Cc2ccco2)c1C. The number of aryl methyl sites for hydroxylation is 1. The molecule has 0 spiro atoms. The molecule has 0 unspecified atom stereocenters. The zero-order chi connectivity index (χ0) is 12.3. The molecule has 0 aliphatic heterocycles. The van der Waals surface area contributed by atoms with Gasteiger partial charge in [0.15, 0.2) is 0 Å². The molecule has 2 aromatic rings. The molecule has 2 rings (SSSR count). The average Bonchev–Trinajstić information content (AvgIpc) is 2.77. The Bertz CT molecular complexity index is 515. The maximum atomic E-state index is 11.8. The van der Waals surface area contributed by atoms with E-state index in [2.05, 4.69) is 5.32 Å². The van der Waals surface area contributed by atoms with E-state index in [1.165, 1.54) is 5.56 Å². The van der Waals surface area contributed by atoms with E-state index in [1.807, 2.05) is 32.0 Å². The third-order valence-electron chi connectivity index (χ3n) is 2.79. The molecule has 1 heterocycles. The first-order valence-corrected chi connectivity index (χ1v) is 5.55. The van der Waals surface area contributed by atoms with Gasteiger partial charge >= 0.3 is 0 Å². The summed E-state index contributed by atoms with van der Waals surface area (Å²) in [6, 6.07) is 9.44. The van der Waals surface area contributed by atoms with Crippen molar-refractivity contribution in [3.05, 3.63) is 53.5 Å². The number of rotatable bonds is 3. The van der Waals surface area contributed by atoms with Crippen LogP contribution in [0.25, 0.3) is 0 Å². The second kappa shape index (κ2) is 4.87. The van der Waals surface area contributed by atoms with E-state index in [-0.39, 0.29) is 12.3 Å². The lowest BCUT2D eigenvalue weighted by molar-refractivity contribution is -0.115. The van der Waals surface area contributed by atoms with Crippen molar-refractivity contribution in [3.8, 4) is 0 Å². The van der Waals surface area contributed by atoms with Crippen LogP contribution in [0.5, 0.6) is 0 Å². The topological polar surface area (TPSA) is 42.2 Å². The molecule has 0 bridgehead atoms. The summed E-state index contributed by atoms with van der Waals surface area (Å²) < 4.78 is 5.13. The van der Waals surface area contributed by atoms with Crippen LogP contribution in [0.15, 0.2) is 41.0 Å². The third kappa shape index (κ3) is 2.75. The van der Waals surface area contributed by atoms with Crippen LogP contribution in [-0.4, -0.2) is 5.91 Å². The van der Waals surface area contributed by atoms with E-state index in [0.29, 0.717) is 5.76 Å². The summed E-state index contributed by atoms with van der Waals surface area (Å²) >= 11 is 0. The van der Waals surface area contributed by atoms with Crippen molar-refractivity contribution in [2.24, 2.45) is 0 Å². The predicted octanol–water partition coefficient (Wildman–Crippen LogP) is 3.08. The highest BCUT2D eigenvalue weighted by atomic mass is 16.3. The molecular weight excluding hydrogens is 214 g/mol. The maximum absolute atomic E-state index is 11.8. The van der Waals surface area contributed by atoms with Gasteiger partial charge in [-0.25, -0.2) is 0 Å². The Morgan fingerprint density at radius 2 is 2.06 bits per heavy atom. The van der Waals surface area contributed by atoms with Crippen molar-refractivity contribution in [3.63, 3.8) is 0 Å². The molecule has 0 fully saturated rings. The van der Waals surface area contributed by atoms with Crippen molar-refractivity contribution in [1.82, 2.24) is 0 Å². The number of benzene rings is 1. The smallest absolute Gasteiger partial charge is 0.232 e. The van der Waals surface area contributed by atoms with Crippen molar-refractivity contribution in [2.45, 2.75) is 20.3 Å². The fourth-order valence-corrected chi connectivity index (χ4v) is 1.65. The second-order valence-corrected chi connectivity index (χ2v) is 4.05. The standard InChI is InChI=1S/C14H15NO2/c1-10-5-3-7-13(11(10)2)15-14(16)9-12-6-4-8-17-12/h3-8H,9H2,1-2H3,(H,15,16). The van der Waals surface area contributed by atoms with Crippen LogP contribution in [0.2, 0.25) is 0 Å². The normalized spacial score (nSPS) is 10.2. The molecule has 17 heavy (non-hydrogen) atoms. The van der Waals surface area contributed by atoms with Crippen LogP contribution < -0.4 is 5.32 Å². The van der Waals surface area contributed by atoms with Crippen LogP contribution >= 0.6 is 0 Å². The van der Waals surface area contributed by atoms with Gasteiger partial charge < -0.3 is 9.73 Å². The summed E-state index contributed by atoms with van der Waals surface area (Å²) in [6.45, 7) is 4.02. The summed E-state index contributed by atoms with van der Waals surface area (Å²) in [4.78, 5) is 11.8. The van der Waals surface area contributed by atoms with Crippen molar-refractivity contribution in [2.75, 3.05) is 5.32 Å². The lowest BCUT2D eigenvalue weighted by Gasteiger charge is -2.09. The maximum Gasteiger partial charge on any atom is 0.232 e. The highest BCUT2D eigenvalue weighted by Crippen LogP contribution is 2.18. The van der Waals surface area contributed by atoms with E-state index in [1.54, 1.807) is 18.4 Å². The van der Waals surface area contributed by atoms with Crippen molar-refractivity contribution < 1.29 is 9.21 Å². The van der Waals surface area contributed by atoms with E-state index in [0.717, 1.165) is 11.3 Å². The molecule has 1 aromatic heterocycles. The lowest BCUT2D eigenvalue weighted by Crippen LogP contribution is -2.15. The molecule has 0 saturated carbocycles. The third-order valence-corrected chi connectivity index (χ3v) is 2.79. The van der Waals surface area contributed by atoms with Crippen molar-refractivity contribution in [1.29, 1.82) is 0 Å². The average molecular weight is 229 g/mol. The van der Waals surface area contributed by atoms with Gasteiger partial charge in [-0.05, 0) is 43.2 Å².